The number of pyridine rings is 1. The van der Waals surface area contributed by atoms with Gasteiger partial charge in [-0.1, -0.05) is 24.3 Å². The summed E-state index contributed by atoms with van der Waals surface area (Å²) < 4.78 is 31.2. The van der Waals surface area contributed by atoms with E-state index in [0.717, 1.165) is 65.4 Å². The fourth-order valence-corrected chi connectivity index (χ4v) is 7.02. The maximum Gasteiger partial charge on any atom is 0.175 e. The molecular weight excluding hydrogens is 508 g/mol. The van der Waals surface area contributed by atoms with Gasteiger partial charge in [-0.3, -0.25) is 9.88 Å². The fraction of sp³-hybridized carbons (Fsp3) is 0.387. The molecule has 2 aromatic carbocycles. The molecule has 0 amide bonds. The van der Waals surface area contributed by atoms with Crippen molar-refractivity contribution < 1.29 is 13.2 Å². The molecule has 6 rings (SSSR count). The SMILES string of the molecule is COCCN1C2CCC1CN(c1ccc(-c3cc4c(cc(-c5ccc(S(C)(=O)=O)cc5)n4C)c(C)n3)cc1)C2. The van der Waals surface area contributed by atoms with Gasteiger partial charge in [-0.25, -0.2) is 8.42 Å². The molecule has 0 N–H and O–H groups in total. The Labute approximate surface area is 230 Å². The molecule has 8 heteroatoms. The lowest BCUT2D eigenvalue weighted by Gasteiger charge is -2.42. The van der Waals surface area contributed by atoms with Gasteiger partial charge in [0.2, 0.25) is 0 Å². The number of rotatable bonds is 7. The van der Waals surface area contributed by atoms with Crippen LogP contribution in [0.15, 0.2) is 65.6 Å². The van der Waals surface area contributed by atoms with Crippen molar-refractivity contribution in [1.29, 1.82) is 0 Å². The third kappa shape index (κ3) is 4.86. The predicted molar refractivity (Wildman–Crippen MR) is 157 cm³/mol. The topological polar surface area (TPSA) is 67.7 Å². The highest BCUT2D eigenvalue weighted by atomic mass is 32.2. The van der Waals surface area contributed by atoms with Gasteiger partial charge in [0.1, 0.15) is 0 Å². The molecule has 2 fully saturated rings. The Bertz CT molecular complexity index is 1600. The number of aromatic nitrogens is 2. The van der Waals surface area contributed by atoms with E-state index in [0.29, 0.717) is 17.0 Å². The zero-order valence-electron chi connectivity index (χ0n) is 23.1. The number of hydrogen-bond donors (Lipinski definition) is 0. The molecule has 0 aliphatic carbocycles. The molecule has 2 atom stereocenters. The van der Waals surface area contributed by atoms with Crippen molar-refractivity contribution in [3.8, 4) is 22.5 Å². The molecule has 4 aromatic rings. The zero-order chi connectivity index (χ0) is 27.3. The molecular formula is C31H36N4O3S. The predicted octanol–water partition coefficient (Wildman–Crippen LogP) is 4.92. The summed E-state index contributed by atoms with van der Waals surface area (Å²) in [6, 6.07) is 21.5. The minimum atomic E-state index is -3.22. The van der Waals surface area contributed by atoms with Gasteiger partial charge in [0.05, 0.1) is 22.7 Å². The summed E-state index contributed by atoms with van der Waals surface area (Å²) >= 11 is 0. The molecule has 4 heterocycles. The molecule has 2 aliphatic heterocycles. The van der Waals surface area contributed by atoms with Crippen LogP contribution in [0.1, 0.15) is 18.5 Å². The number of aryl methyl sites for hydroxylation is 2. The van der Waals surface area contributed by atoms with Gasteiger partial charge in [-0.15, -0.1) is 0 Å². The van der Waals surface area contributed by atoms with Gasteiger partial charge in [-0.2, -0.15) is 0 Å². The van der Waals surface area contributed by atoms with Crippen molar-refractivity contribution in [2.75, 3.05) is 44.5 Å². The first-order valence-electron chi connectivity index (χ1n) is 13.6. The summed E-state index contributed by atoms with van der Waals surface area (Å²) in [7, 11) is 0.609. The van der Waals surface area contributed by atoms with Crippen LogP contribution >= 0.6 is 0 Å². The normalized spacial score (nSPS) is 19.7. The van der Waals surface area contributed by atoms with E-state index in [1.54, 1.807) is 19.2 Å². The largest absolute Gasteiger partial charge is 0.383 e. The van der Waals surface area contributed by atoms with Crippen molar-refractivity contribution in [3.63, 3.8) is 0 Å². The minimum absolute atomic E-state index is 0.328. The number of benzene rings is 2. The number of fused-ring (bicyclic) bond motifs is 3. The molecule has 2 unspecified atom stereocenters. The van der Waals surface area contributed by atoms with E-state index in [1.165, 1.54) is 24.8 Å². The number of anilines is 1. The van der Waals surface area contributed by atoms with Crippen LogP contribution in [0.5, 0.6) is 0 Å². The average molecular weight is 545 g/mol. The van der Waals surface area contributed by atoms with Crippen molar-refractivity contribution in [1.82, 2.24) is 14.5 Å². The lowest BCUT2D eigenvalue weighted by molar-refractivity contribution is 0.106. The quantitative estimate of drug-likeness (QED) is 0.329. The molecule has 7 nitrogen and oxygen atoms in total. The second kappa shape index (κ2) is 10.1. The van der Waals surface area contributed by atoms with Gasteiger partial charge in [-0.05, 0) is 61.7 Å². The molecule has 39 heavy (non-hydrogen) atoms. The molecule has 2 aliphatic rings. The van der Waals surface area contributed by atoms with Crippen LogP contribution in [-0.2, 0) is 21.6 Å². The first-order chi connectivity index (χ1) is 18.7. The van der Waals surface area contributed by atoms with Crippen molar-refractivity contribution >= 4 is 26.4 Å². The van der Waals surface area contributed by atoms with Gasteiger partial charge < -0.3 is 14.2 Å². The summed E-state index contributed by atoms with van der Waals surface area (Å²) in [5.41, 5.74) is 7.42. The summed E-state index contributed by atoms with van der Waals surface area (Å²) in [5.74, 6) is 0. The number of hydrogen-bond acceptors (Lipinski definition) is 6. The number of ether oxygens (including phenoxy) is 1. The molecule has 2 bridgehead atoms. The summed E-state index contributed by atoms with van der Waals surface area (Å²) in [6.07, 6.45) is 3.77. The Balaban J connectivity index is 1.25. The third-order valence-electron chi connectivity index (χ3n) is 8.52. The molecule has 2 aromatic heterocycles. The summed E-state index contributed by atoms with van der Waals surface area (Å²) in [6.45, 7) is 6.02. The Morgan fingerprint density at radius 2 is 1.59 bits per heavy atom. The average Bonchev–Trinajstić information content (AvgIpc) is 3.38. The molecule has 2 saturated heterocycles. The van der Waals surface area contributed by atoms with Crippen LogP contribution in [0, 0.1) is 6.92 Å². The van der Waals surface area contributed by atoms with E-state index >= 15 is 0 Å². The lowest BCUT2D eigenvalue weighted by atomic mass is 10.1. The van der Waals surface area contributed by atoms with Crippen molar-refractivity contribution in [2.24, 2.45) is 7.05 Å². The van der Waals surface area contributed by atoms with Crippen LogP contribution in [0.3, 0.4) is 0 Å². The van der Waals surface area contributed by atoms with Crippen molar-refractivity contribution in [2.45, 2.75) is 36.7 Å². The molecule has 0 radical (unpaired) electrons. The number of sulfone groups is 1. The monoisotopic (exact) mass is 544 g/mol. The van der Waals surface area contributed by atoms with E-state index in [1.807, 2.05) is 12.1 Å². The highest BCUT2D eigenvalue weighted by Gasteiger charge is 2.39. The zero-order valence-corrected chi connectivity index (χ0v) is 23.9. The minimum Gasteiger partial charge on any atom is -0.383 e. The highest BCUT2D eigenvalue weighted by molar-refractivity contribution is 7.90. The van der Waals surface area contributed by atoms with E-state index < -0.39 is 9.84 Å². The summed E-state index contributed by atoms with van der Waals surface area (Å²) in [4.78, 5) is 10.5. The smallest absolute Gasteiger partial charge is 0.175 e. The molecule has 0 spiro atoms. The third-order valence-corrected chi connectivity index (χ3v) is 9.65. The Morgan fingerprint density at radius 3 is 2.21 bits per heavy atom. The number of nitrogens with zero attached hydrogens (tertiary/aromatic N) is 4. The van der Waals surface area contributed by atoms with Gasteiger partial charge >= 0.3 is 0 Å². The second-order valence-corrected chi connectivity index (χ2v) is 13.0. The maximum atomic E-state index is 11.9. The first-order valence-corrected chi connectivity index (χ1v) is 15.5. The number of piperazine rings is 1. The Morgan fingerprint density at radius 1 is 0.949 bits per heavy atom. The summed E-state index contributed by atoms with van der Waals surface area (Å²) in [5, 5.41) is 1.10. The van der Waals surface area contributed by atoms with Gasteiger partial charge in [0, 0.05) is 80.2 Å². The Hall–Kier alpha value is -3.20. The van der Waals surface area contributed by atoms with E-state index in [2.05, 4.69) is 64.7 Å². The lowest BCUT2D eigenvalue weighted by Crippen LogP contribution is -2.54. The number of methoxy groups -OCH3 is 1. The van der Waals surface area contributed by atoms with Crippen LogP contribution in [0.25, 0.3) is 33.4 Å². The molecule has 204 valence electrons. The second-order valence-electron chi connectivity index (χ2n) is 11.0. The Kier molecular flexibility index (Phi) is 6.73. The fourth-order valence-electron chi connectivity index (χ4n) is 6.39. The van der Waals surface area contributed by atoms with Crippen LogP contribution in [-0.4, -0.2) is 74.6 Å². The van der Waals surface area contributed by atoms with Crippen molar-refractivity contribution in [3.05, 3.63) is 66.4 Å². The van der Waals surface area contributed by atoms with Crippen LogP contribution < -0.4 is 4.90 Å². The standard InChI is InChI=1S/C31H36N4O3S/c1-21-28-17-30(23-7-13-27(14-8-23)39(4,36)37)33(2)31(28)18-29(32-21)22-5-9-24(10-6-22)34-19-25-11-12-26(20-34)35(25)15-16-38-3/h5-10,13-14,17-18,25-26H,11-12,15-16,19-20H2,1-4H3. The van der Waals surface area contributed by atoms with Crippen LogP contribution in [0.2, 0.25) is 0 Å². The maximum absolute atomic E-state index is 11.9. The van der Waals surface area contributed by atoms with Gasteiger partial charge in [0.15, 0.2) is 9.84 Å². The highest BCUT2D eigenvalue weighted by Crippen LogP contribution is 2.35. The van der Waals surface area contributed by atoms with E-state index in [-0.39, 0.29) is 0 Å². The van der Waals surface area contributed by atoms with E-state index in [9.17, 15) is 8.42 Å². The van der Waals surface area contributed by atoms with E-state index in [4.69, 9.17) is 9.72 Å². The molecule has 0 saturated carbocycles. The van der Waals surface area contributed by atoms with Crippen LogP contribution in [0.4, 0.5) is 5.69 Å². The van der Waals surface area contributed by atoms with Gasteiger partial charge in [0.25, 0.3) is 0 Å². The first kappa shape index (κ1) is 26.0.